The number of allylic oxidation sites excluding steroid dienone is 1. The van der Waals surface area contributed by atoms with Crippen LogP contribution in [0.4, 0.5) is 4.39 Å². The standard InChI is InChI=1S/C23H22FNO/c1-16(2)22-20(10-7-15-26)21(17-11-13-19(24)14-12-17)23(25(22)3)18-8-5-4-6-9-18/h4-16H,1-3H3. The fraction of sp³-hybridized carbons (Fsp3) is 0.174. The highest BCUT2D eigenvalue weighted by atomic mass is 19.1. The zero-order valence-corrected chi connectivity index (χ0v) is 15.2. The molecule has 0 saturated carbocycles. The van der Waals surface area contributed by atoms with Crippen molar-refractivity contribution in [2.75, 3.05) is 0 Å². The van der Waals surface area contributed by atoms with Gasteiger partial charge in [-0.25, -0.2) is 4.39 Å². The van der Waals surface area contributed by atoms with Crippen LogP contribution < -0.4 is 0 Å². The SMILES string of the molecule is CC(C)c1c(C=CC=O)c(-c2ccc(F)cc2)c(-c2ccccc2)n1C. The van der Waals surface area contributed by atoms with Crippen molar-refractivity contribution in [2.24, 2.45) is 7.05 Å². The lowest BCUT2D eigenvalue weighted by atomic mass is 9.94. The van der Waals surface area contributed by atoms with Crippen molar-refractivity contribution in [3.8, 4) is 22.4 Å². The molecule has 0 fully saturated rings. The molecule has 0 spiro atoms. The highest BCUT2D eigenvalue weighted by Gasteiger charge is 2.23. The molecule has 0 radical (unpaired) electrons. The summed E-state index contributed by atoms with van der Waals surface area (Å²) in [6.45, 7) is 4.27. The van der Waals surface area contributed by atoms with Gasteiger partial charge in [-0.3, -0.25) is 4.79 Å². The second kappa shape index (κ2) is 7.52. The van der Waals surface area contributed by atoms with Gasteiger partial charge in [-0.2, -0.15) is 0 Å². The molecule has 1 aromatic heterocycles. The van der Waals surface area contributed by atoms with Crippen LogP contribution in [0.2, 0.25) is 0 Å². The zero-order chi connectivity index (χ0) is 18.7. The molecule has 0 N–H and O–H groups in total. The van der Waals surface area contributed by atoms with Crippen molar-refractivity contribution in [2.45, 2.75) is 19.8 Å². The summed E-state index contributed by atoms with van der Waals surface area (Å²) in [5, 5.41) is 0. The Bertz CT molecular complexity index is 935. The maximum atomic E-state index is 13.5. The number of nitrogens with zero attached hydrogens (tertiary/aromatic N) is 1. The van der Waals surface area contributed by atoms with Gasteiger partial charge in [0.1, 0.15) is 12.1 Å². The van der Waals surface area contributed by atoms with Gasteiger partial charge in [-0.1, -0.05) is 56.3 Å². The molecule has 0 atom stereocenters. The Kier molecular flexibility index (Phi) is 5.17. The summed E-state index contributed by atoms with van der Waals surface area (Å²) in [6, 6.07) is 16.7. The van der Waals surface area contributed by atoms with Gasteiger partial charge in [0, 0.05) is 23.9 Å². The highest BCUT2D eigenvalue weighted by Crippen LogP contribution is 2.41. The van der Waals surface area contributed by atoms with E-state index in [0.717, 1.165) is 39.9 Å². The van der Waals surface area contributed by atoms with Gasteiger partial charge in [0.05, 0.1) is 5.69 Å². The fourth-order valence-electron chi connectivity index (χ4n) is 3.57. The molecule has 1 heterocycles. The molecule has 132 valence electrons. The predicted molar refractivity (Wildman–Crippen MR) is 105 cm³/mol. The van der Waals surface area contributed by atoms with Crippen LogP contribution in [0.1, 0.15) is 31.0 Å². The van der Waals surface area contributed by atoms with Crippen molar-refractivity contribution in [1.29, 1.82) is 0 Å². The molecule has 0 saturated heterocycles. The van der Waals surface area contributed by atoms with E-state index >= 15 is 0 Å². The Morgan fingerprint density at radius 3 is 2.19 bits per heavy atom. The maximum absolute atomic E-state index is 13.5. The van der Waals surface area contributed by atoms with Crippen LogP contribution in [0.15, 0.2) is 60.7 Å². The first kappa shape index (κ1) is 17.9. The fourth-order valence-corrected chi connectivity index (χ4v) is 3.57. The molecule has 2 nitrogen and oxygen atoms in total. The molecule has 3 rings (SSSR count). The number of hydrogen-bond acceptors (Lipinski definition) is 1. The average Bonchev–Trinajstić information content (AvgIpc) is 2.93. The zero-order valence-electron chi connectivity index (χ0n) is 15.2. The van der Waals surface area contributed by atoms with Crippen LogP contribution in [-0.2, 0) is 11.8 Å². The minimum absolute atomic E-state index is 0.264. The first-order valence-electron chi connectivity index (χ1n) is 8.70. The Labute approximate surface area is 153 Å². The van der Waals surface area contributed by atoms with Crippen molar-refractivity contribution in [1.82, 2.24) is 4.57 Å². The Morgan fingerprint density at radius 2 is 1.62 bits per heavy atom. The van der Waals surface area contributed by atoms with Gasteiger partial charge in [0.2, 0.25) is 0 Å². The van der Waals surface area contributed by atoms with E-state index in [2.05, 4.69) is 30.5 Å². The van der Waals surface area contributed by atoms with Crippen LogP contribution in [0.3, 0.4) is 0 Å². The van der Waals surface area contributed by atoms with Crippen molar-refractivity contribution < 1.29 is 9.18 Å². The number of halogens is 1. The van der Waals surface area contributed by atoms with E-state index in [1.54, 1.807) is 12.1 Å². The smallest absolute Gasteiger partial charge is 0.142 e. The highest BCUT2D eigenvalue weighted by molar-refractivity contribution is 5.92. The topological polar surface area (TPSA) is 22.0 Å². The molecular weight excluding hydrogens is 325 g/mol. The lowest BCUT2D eigenvalue weighted by Crippen LogP contribution is -2.01. The molecule has 3 heteroatoms. The van der Waals surface area contributed by atoms with Crippen LogP contribution in [0.5, 0.6) is 0 Å². The molecule has 0 aliphatic rings. The van der Waals surface area contributed by atoms with Crippen molar-refractivity contribution in [3.63, 3.8) is 0 Å². The maximum Gasteiger partial charge on any atom is 0.142 e. The number of aromatic nitrogens is 1. The molecule has 0 unspecified atom stereocenters. The molecular formula is C23H22FNO. The Hall–Kier alpha value is -2.94. The monoisotopic (exact) mass is 347 g/mol. The number of rotatable bonds is 5. The quantitative estimate of drug-likeness (QED) is 0.420. The van der Waals surface area contributed by atoms with E-state index in [1.165, 1.54) is 18.2 Å². The summed E-state index contributed by atoms with van der Waals surface area (Å²) in [6.07, 6.45) is 4.16. The summed E-state index contributed by atoms with van der Waals surface area (Å²) in [5.41, 5.74) is 6.23. The van der Waals surface area contributed by atoms with Crippen LogP contribution in [0.25, 0.3) is 28.5 Å². The van der Waals surface area contributed by atoms with E-state index in [-0.39, 0.29) is 11.7 Å². The number of carbonyl (C=O) groups excluding carboxylic acids is 1. The van der Waals surface area contributed by atoms with E-state index in [9.17, 15) is 9.18 Å². The molecule has 0 aliphatic heterocycles. The average molecular weight is 347 g/mol. The predicted octanol–water partition coefficient (Wildman–Crippen LogP) is 5.83. The minimum atomic E-state index is -0.264. The van der Waals surface area contributed by atoms with Crippen molar-refractivity contribution >= 4 is 12.4 Å². The number of benzene rings is 2. The second-order valence-corrected chi connectivity index (χ2v) is 6.60. The lowest BCUT2D eigenvalue weighted by molar-refractivity contribution is -0.104. The van der Waals surface area contributed by atoms with E-state index in [0.29, 0.717) is 0 Å². The first-order valence-corrected chi connectivity index (χ1v) is 8.70. The van der Waals surface area contributed by atoms with Gasteiger partial charge in [-0.15, -0.1) is 0 Å². The number of aldehydes is 1. The van der Waals surface area contributed by atoms with Crippen LogP contribution >= 0.6 is 0 Å². The van der Waals surface area contributed by atoms with E-state index in [4.69, 9.17) is 0 Å². The third-order valence-corrected chi connectivity index (χ3v) is 4.55. The van der Waals surface area contributed by atoms with Gasteiger partial charge in [0.25, 0.3) is 0 Å². The third-order valence-electron chi connectivity index (χ3n) is 4.55. The molecule has 26 heavy (non-hydrogen) atoms. The molecule has 0 bridgehead atoms. The normalized spacial score (nSPS) is 11.4. The van der Waals surface area contributed by atoms with Gasteiger partial charge >= 0.3 is 0 Å². The van der Waals surface area contributed by atoms with Crippen LogP contribution in [0, 0.1) is 5.82 Å². The minimum Gasteiger partial charge on any atom is -0.346 e. The number of carbonyl (C=O) groups is 1. The van der Waals surface area contributed by atoms with Gasteiger partial charge in [0.15, 0.2) is 0 Å². The molecule has 2 aromatic carbocycles. The summed E-state index contributed by atoms with van der Waals surface area (Å²) in [7, 11) is 2.04. The van der Waals surface area contributed by atoms with Gasteiger partial charge in [-0.05, 0) is 41.3 Å². The van der Waals surface area contributed by atoms with E-state index < -0.39 is 0 Å². The summed E-state index contributed by atoms with van der Waals surface area (Å²) in [4.78, 5) is 11.0. The molecule has 0 amide bonds. The summed E-state index contributed by atoms with van der Waals surface area (Å²) < 4.78 is 15.7. The van der Waals surface area contributed by atoms with Crippen LogP contribution in [-0.4, -0.2) is 10.9 Å². The van der Waals surface area contributed by atoms with E-state index in [1.807, 2.05) is 31.3 Å². The van der Waals surface area contributed by atoms with Crippen molar-refractivity contribution in [3.05, 3.63) is 77.7 Å². The number of hydrogen-bond donors (Lipinski definition) is 0. The Balaban J connectivity index is 2.40. The second-order valence-electron chi connectivity index (χ2n) is 6.60. The summed E-state index contributed by atoms with van der Waals surface area (Å²) in [5.74, 6) is 0.00275. The summed E-state index contributed by atoms with van der Waals surface area (Å²) >= 11 is 0. The molecule has 0 aliphatic carbocycles. The van der Waals surface area contributed by atoms with Gasteiger partial charge < -0.3 is 4.57 Å². The first-order chi connectivity index (χ1) is 12.5. The third kappa shape index (κ3) is 3.25. The Morgan fingerprint density at radius 1 is 0.962 bits per heavy atom. The molecule has 3 aromatic rings. The largest absolute Gasteiger partial charge is 0.346 e. The lowest BCUT2D eigenvalue weighted by Gasteiger charge is -2.11.